The Morgan fingerprint density at radius 2 is 2.04 bits per heavy atom. The Morgan fingerprint density at radius 3 is 2.79 bits per heavy atom. The van der Waals surface area contributed by atoms with Crippen LogP contribution >= 0.6 is 0 Å². The van der Waals surface area contributed by atoms with E-state index in [1.165, 1.54) is 0 Å². The molecule has 0 aromatic carbocycles. The molecule has 0 spiro atoms. The lowest BCUT2D eigenvalue weighted by Crippen LogP contribution is -2.45. The molecule has 0 aromatic rings. The second-order valence-corrected chi connectivity index (χ2v) is 7.49. The molecule has 4 fully saturated rings. The van der Waals surface area contributed by atoms with E-state index in [4.69, 9.17) is 14.2 Å². The molecule has 0 radical (unpaired) electrons. The number of carbonyl (C=O) groups excluding carboxylic acids is 3. The Kier molecular flexibility index (Phi) is 5.11. The maximum Gasteiger partial charge on any atom is 0.344 e. The Bertz CT molecular complexity index is 516. The van der Waals surface area contributed by atoms with Gasteiger partial charge in [0.2, 0.25) is 0 Å². The average molecular weight is 338 g/mol. The summed E-state index contributed by atoms with van der Waals surface area (Å²) in [5.41, 5.74) is 0. The topological polar surface area (TPSA) is 78.9 Å². The zero-order valence-electron chi connectivity index (χ0n) is 14.4. The van der Waals surface area contributed by atoms with Gasteiger partial charge < -0.3 is 14.2 Å². The van der Waals surface area contributed by atoms with Crippen LogP contribution in [0.25, 0.3) is 0 Å². The summed E-state index contributed by atoms with van der Waals surface area (Å²) in [5.74, 6) is -0.664. The van der Waals surface area contributed by atoms with Crippen molar-refractivity contribution in [3.8, 4) is 0 Å². The fraction of sp³-hybridized carbons (Fsp3) is 0.833. The molecule has 6 heteroatoms. The highest BCUT2D eigenvalue weighted by molar-refractivity contribution is 5.78. The lowest BCUT2D eigenvalue weighted by molar-refractivity contribution is -0.178. The minimum Gasteiger partial charge on any atom is -0.458 e. The molecule has 0 N–H and O–H groups in total. The summed E-state index contributed by atoms with van der Waals surface area (Å²) < 4.78 is 16.1. The Morgan fingerprint density at radius 1 is 1.25 bits per heavy atom. The van der Waals surface area contributed by atoms with E-state index in [1.807, 2.05) is 6.92 Å². The number of carbonyl (C=O) groups is 3. The number of hydrogen-bond acceptors (Lipinski definition) is 6. The molecule has 6 nitrogen and oxygen atoms in total. The van der Waals surface area contributed by atoms with E-state index in [1.54, 1.807) is 6.92 Å². The first kappa shape index (κ1) is 17.2. The lowest BCUT2D eigenvalue weighted by Gasteiger charge is -2.41. The fourth-order valence-corrected chi connectivity index (χ4v) is 4.45. The van der Waals surface area contributed by atoms with Gasteiger partial charge in [0, 0.05) is 5.92 Å². The monoisotopic (exact) mass is 338 g/mol. The fourth-order valence-electron chi connectivity index (χ4n) is 4.45. The highest BCUT2D eigenvalue weighted by atomic mass is 16.6. The molecule has 4 rings (SSSR count). The summed E-state index contributed by atoms with van der Waals surface area (Å²) >= 11 is 0. The van der Waals surface area contributed by atoms with Crippen molar-refractivity contribution in [3.63, 3.8) is 0 Å². The van der Waals surface area contributed by atoms with Crippen molar-refractivity contribution in [2.45, 2.75) is 64.6 Å². The quantitative estimate of drug-likeness (QED) is 0.546. The largest absolute Gasteiger partial charge is 0.458 e. The molecular weight excluding hydrogens is 312 g/mol. The molecule has 4 aliphatic rings. The molecule has 24 heavy (non-hydrogen) atoms. The van der Waals surface area contributed by atoms with Gasteiger partial charge >= 0.3 is 17.9 Å². The molecule has 2 heterocycles. The van der Waals surface area contributed by atoms with Crippen molar-refractivity contribution >= 4 is 17.9 Å². The van der Waals surface area contributed by atoms with E-state index < -0.39 is 12.1 Å². The van der Waals surface area contributed by atoms with Crippen LogP contribution in [0.3, 0.4) is 0 Å². The minimum atomic E-state index is -0.555. The van der Waals surface area contributed by atoms with Crippen LogP contribution in [0.2, 0.25) is 0 Å². The van der Waals surface area contributed by atoms with Crippen molar-refractivity contribution in [1.29, 1.82) is 0 Å². The van der Waals surface area contributed by atoms with E-state index in [0.717, 1.165) is 38.5 Å². The maximum atomic E-state index is 12.1. The van der Waals surface area contributed by atoms with Crippen LogP contribution < -0.4 is 0 Å². The van der Waals surface area contributed by atoms with Gasteiger partial charge in [-0.15, -0.1) is 0 Å². The molecule has 0 aromatic heterocycles. The zero-order valence-corrected chi connectivity index (χ0v) is 14.4. The number of hydrogen-bond donors (Lipinski definition) is 0. The van der Waals surface area contributed by atoms with Crippen LogP contribution in [0.15, 0.2) is 0 Å². The van der Waals surface area contributed by atoms with Crippen LogP contribution in [-0.2, 0) is 28.6 Å². The van der Waals surface area contributed by atoms with E-state index >= 15 is 0 Å². The summed E-state index contributed by atoms with van der Waals surface area (Å²) in [5, 5.41) is 0. The molecule has 2 saturated heterocycles. The second-order valence-electron chi connectivity index (χ2n) is 7.49. The molecule has 2 aliphatic carbocycles. The van der Waals surface area contributed by atoms with Gasteiger partial charge in [0.1, 0.15) is 12.2 Å². The Balaban J connectivity index is 1.53. The number of fused-ring (bicyclic) bond motifs is 1. The van der Waals surface area contributed by atoms with Gasteiger partial charge in [-0.25, -0.2) is 4.79 Å². The number of ether oxygens (including phenoxy) is 3. The van der Waals surface area contributed by atoms with Crippen LogP contribution in [-0.4, -0.2) is 36.7 Å². The number of rotatable bonds is 6. The molecular formula is C18H26O6. The highest BCUT2D eigenvalue weighted by Gasteiger charge is 2.51. The van der Waals surface area contributed by atoms with Gasteiger partial charge in [-0.3, -0.25) is 9.59 Å². The van der Waals surface area contributed by atoms with Gasteiger partial charge in [0.05, 0.1) is 11.8 Å². The van der Waals surface area contributed by atoms with Crippen LogP contribution in [0.1, 0.15) is 52.4 Å². The first-order valence-electron chi connectivity index (χ1n) is 9.04. The van der Waals surface area contributed by atoms with Crippen molar-refractivity contribution in [3.05, 3.63) is 0 Å². The average Bonchev–Trinajstić information content (AvgIpc) is 2.70. The van der Waals surface area contributed by atoms with Crippen LogP contribution in [0, 0.1) is 23.7 Å². The predicted molar refractivity (Wildman–Crippen MR) is 83.7 cm³/mol. The highest BCUT2D eigenvalue weighted by Crippen LogP contribution is 2.48. The van der Waals surface area contributed by atoms with Crippen LogP contribution in [0.4, 0.5) is 0 Å². The lowest BCUT2D eigenvalue weighted by atomic mass is 9.67. The van der Waals surface area contributed by atoms with Crippen molar-refractivity contribution in [2.75, 3.05) is 6.61 Å². The van der Waals surface area contributed by atoms with Gasteiger partial charge in [-0.2, -0.15) is 0 Å². The minimum absolute atomic E-state index is 0.0461. The number of esters is 3. The molecule has 6 atom stereocenters. The molecule has 0 amide bonds. The summed E-state index contributed by atoms with van der Waals surface area (Å²) in [7, 11) is 0. The van der Waals surface area contributed by atoms with Gasteiger partial charge in [-0.05, 0) is 38.0 Å². The maximum absolute atomic E-state index is 12.1. The Labute approximate surface area is 142 Å². The van der Waals surface area contributed by atoms with Gasteiger partial charge in [0.15, 0.2) is 6.61 Å². The molecule has 2 aliphatic heterocycles. The van der Waals surface area contributed by atoms with E-state index in [9.17, 15) is 14.4 Å². The van der Waals surface area contributed by atoms with Crippen LogP contribution in [0.5, 0.6) is 0 Å². The second kappa shape index (κ2) is 7.11. The van der Waals surface area contributed by atoms with Crippen molar-refractivity contribution in [1.82, 2.24) is 0 Å². The summed E-state index contributed by atoms with van der Waals surface area (Å²) in [4.78, 5) is 35.9. The smallest absolute Gasteiger partial charge is 0.344 e. The molecule has 2 saturated carbocycles. The van der Waals surface area contributed by atoms with Gasteiger partial charge in [-0.1, -0.05) is 20.3 Å². The van der Waals surface area contributed by atoms with Crippen molar-refractivity contribution in [2.24, 2.45) is 23.7 Å². The predicted octanol–water partition coefficient (Wildman–Crippen LogP) is 2.24. The first-order chi connectivity index (χ1) is 11.5. The van der Waals surface area contributed by atoms with E-state index in [0.29, 0.717) is 5.92 Å². The first-order valence-corrected chi connectivity index (χ1v) is 9.04. The molecule has 4 bridgehead atoms. The summed E-state index contributed by atoms with van der Waals surface area (Å²) in [6.07, 6.45) is 4.27. The molecule has 134 valence electrons. The summed E-state index contributed by atoms with van der Waals surface area (Å²) in [6.45, 7) is 3.41. The normalized spacial score (nSPS) is 35.1. The van der Waals surface area contributed by atoms with E-state index in [-0.39, 0.29) is 42.4 Å². The van der Waals surface area contributed by atoms with E-state index in [2.05, 4.69) is 0 Å². The van der Waals surface area contributed by atoms with Gasteiger partial charge in [0.25, 0.3) is 0 Å². The standard InChI is InChI=1S/C18H26O6/c1-3-4-10(2)17(20)22-9-15(19)24-16-12-5-11-6-13(8-12)18(21)23-14(16)7-11/h10-14,16H,3-9H2,1-2H3. The van der Waals surface area contributed by atoms with Crippen molar-refractivity contribution < 1.29 is 28.6 Å². The molecule has 6 unspecified atom stereocenters. The third kappa shape index (κ3) is 3.57. The third-order valence-corrected chi connectivity index (χ3v) is 5.56. The Hall–Kier alpha value is -1.59. The SMILES string of the molecule is CCCC(C)C(=O)OCC(=O)OC1C2CC3CC(C2)C(=O)OC1C3. The third-order valence-electron chi connectivity index (χ3n) is 5.56. The summed E-state index contributed by atoms with van der Waals surface area (Å²) in [6, 6.07) is 0. The zero-order chi connectivity index (χ0) is 17.3.